The third-order valence-electron chi connectivity index (χ3n) is 3.65. The fourth-order valence-corrected chi connectivity index (χ4v) is 3.43. The quantitative estimate of drug-likeness (QED) is 0.850. The van der Waals surface area contributed by atoms with Crippen molar-refractivity contribution in [1.29, 1.82) is 0 Å². The van der Waals surface area contributed by atoms with Gasteiger partial charge in [-0.1, -0.05) is 6.92 Å². The molecule has 0 aliphatic heterocycles. The predicted molar refractivity (Wildman–Crippen MR) is 74.2 cm³/mol. The predicted octanol–water partition coefficient (Wildman–Crippen LogP) is 3.14. The molecular weight excluding hydrogens is 242 g/mol. The minimum Gasteiger partial charge on any atom is -0.326 e. The van der Waals surface area contributed by atoms with Gasteiger partial charge in [0.15, 0.2) is 0 Å². The number of aryl methyl sites for hydroxylation is 3. The standard InChI is InChI=1S/C14H19N3S/c1-3-14-16-11(9-18-14)8-17-10(2)15-12-6-4-5-7-13(12)17/h9H,3-8H2,1-2H3. The fraction of sp³-hybridized carbons (Fsp3) is 0.571. The van der Waals surface area contributed by atoms with Crippen LogP contribution in [-0.4, -0.2) is 14.5 Å². The van der Waals surface area contributed by atoms with Crippen molar-refractivity contribution in [3.8, 4) is 0 Å². The van der Waals surface area contributed by atoms with E-state index < -0.39 is 0 Å². The molecule has 1 aliphatic rings. The number of fused-ring (bicyclic) bond motifs is 1. The van der Waals surface area contributed by atoms with Crippen LogP contribution in [-0.2, 0) is 25.8 Å². The number of thiazole rings is 1. The molecule has 2 heterocycles. The van der Waals surface area contributed by atoms with Gasteiger partial charge in [-0.05, 0) is 39.0 Å². The molecule has 4 heteroatoms. The largest absolute Gasteiger partial charge is 0.326 e. The third kappa shape index (κ3) is 2.09. The van der Waals surface area contributed by atoms with Crippen molar-refractivity contribution in [2.45, 2.75) is 52.5 Å². The Morgan fingerprint density at radius 1 is 1.28 bits per heavy atom. The molecular formula is C14H19N3S. The first kappa shape index (κ1) is 11.9. The van der Waals surface area contributed by atoms with Crippen molar-refractivity contribution in [2.75, 3.05) is 0 Å². The van der Waals surface area contributed by atoms with Gasteiger partial charge in [0.25, 0.3) is 0 Å². The van der Waals surface area contributed by atoms with Crippen LogP contribution in [0.4, 0.5) is 0 Å². The second-order valence-electron chi connectivity index (χ2n) is 4.93. The Morgan fingerprint density at radius 2 is 2.11 bits per heavy atom. The van der Waals surface area contributed by atoms with Crippen LogP contribution in [0.1, 0.15) is 47.7 Å². The molecule has 0 bridgehead atoms. The van der Waals surface area contributed by atoms with Crippen LogP contribution in [0.5, 0.6) is 0 Å². The summed E-state index contributed by atoms with van der Waals surface area (Å²) < 4.78 is 2.36. The fourth-order valence-electron chi connectivity index (χ4n) is 2.69. The summed E-state index contributed by atoms with van der Waals surface area (Å²) in [6, 6.07) is 0. The minimum atomic E-state index is 0.894. The van der Waals surface area contributed by atoms with E-state index in [0.29, 0.717) is 0 Å². The lowest BCUT2D eigenvalue weighted by atomic mass is 10.0. The van der Waals surface area contributed by atoms with Gasteiger partial charge in [-0.3, -0.25) is 0 Å². The highest BCUT2D eigenvalue weighted by atomic mass is 32.1. The minimum absolute atomic E-state index is 0.894. The molecule has 0 spiro atoms. The molecule has 0 saturated heterocycles. The zero-order valence-electron chi connectivity index (χ0n) is 11.1. The SMILES string of the molecule is CCc1nc(Cn2c(C)nc3c2CCCC3)cs1. The second kappa shape index (κ2) is 4.84. The number of hydrogen-bond donors (Lipinski definition) is 0. The first-order valence-electron chi connectivity index (χ1n) is 6.76. The molecule has 0 fully saturated rings. The first-order chi connectivity index (χ1) is 8.78. The van der Waals surface area contributed by atoms with Gasteiger partial charge in [-0.25, -0.2) is 9.97 Å². The summed E-state index contributed by atoms with van der Waals surface area (Å²) in [6.07, 6.45) is 5.96. The molecule has 0 unspecified atom stereocenters. The second-order valence-corrected chi connectivity index (χ2v) is 5.87. The average Bonchev–Trinajstić information content (AvgIpc) is 2.96. The van der Waals surface area contributed by atoms with E-state index in [2.05, 4.69) is 28.8 Å². The Labute approximate surface area is 112 Å². The van der Waals surface area contributed by atoms with Gasteiger partial charge in [-0.2, -0.15) is 0 Å². The lowest BCUT2D eigenvalue weighted by Crippen LogP contribution is -2.10. The molecule has 0 N–H and O–H groups in total. The highest BCUT2D eigenvalue weighted by Gasteiger charge is 2.18. The summed E-state index contributed by atoms with van der Waals surface area (Å²) >= 11 is 1.77. The van der Waals surface area contributed by atoms with Gasteiger partial charge in [0.05, 0.1) is 22.9 Å². The maximum absolute atomic E-state index is 4.71. The Kier molecular flexibility index (Phi) is 3.20. The topological polar surface area (TPSA) is 30.7 Å². The van der Waals surface area contributed by atoms with E-state index >= 15 is 0 Å². The maximum atomic E-state index is 4.71. The molecule has 2 aromatic heterocycles. The van der Waals surface area contributed by atoms with Crippen LogP contribution in [0.25, 0.3) is 0 Å². The summed E-state index contributed by atoms with van der Waals surface area (Å²) in [4.78, 5) is 9.38. The molecule has 0 saturated carbocycles. The van der Waals surface area contributed by atoms with Crippen molar-refractivity contribution in [1.82, 2.24) is 14.5 Å². The summed E-state index contributed by atoms with van der Waals surface area (Å²) in [6.45, 7) is 5.17. The molecule has 3 nitrogen and oxygen atoms in total. The number of aromatic nitrogens is 3. The smallest absolute Gasteiger partial charge is 0.106 e. The van der Waals surface area contributed by atoms with Crippen LogP contribution in [0.15, 0.2) is 5.38 Å². The molecule has 1 aliphatic carbocycles. The van der Waals surface area contributed by atoms with E-state index in [-0.39, 0.29) is 0 Å². The van der Waals surface area contributed by atoms with Crippen molar-refractivity contribution in [3.05, 3.63) is 33.3 Å². The lowest BCUT2D eigenvalue weighted by Gasteiger charge is -2.13. The van der Waals surface area contributed by atoms with Crippen molar-refractivity contribution < 1.29 is 0 Å². The number of rotatable bonds is 3. The number of nitrogens with zero attached hydrogens (tertiary/aromatic N) is 3. The van der Waals surface area contributed by atoms with Crippen molar-refractivity contribution >= 4 is 11.3 Å². The highest BCUT2D eigenvalue weighted by Crippen LogP contribution is 2.23. The van der Waals surface area contributed by atoms with E-state index in [0.717, 1.165) is 25.2 Å². The molecule has 18 heavy (non-hydrogen) atoms. The lowest BCUT2D eigenvalue weighted by molar-refractivity contribution is 0.621. The zero-order chi connectivity index (χ0) is 12.5. The number of imidazole rings is 1. The van der Waals surface area contributed by atoms with Gasteiger partial charge >= 0.3 is 0 Å². The molecule has 0 amide bonds. The van der Waals surface area contributed by atoms with Gasteiger partial charge < -0.3 is 4.57 Å². The summed E-state index contributed by atoms with van der Waals surface area (Å²) in [5.74, 6) is 1.15. The van der Waals surface area contributed by atoms with Crippen LogP contribution in [0.2, 0.25) is 0 Å². The summed E-state index contributed by atoms with van der Waals surface area (Å²) in [5.41, 5.74) is 3.96. The number of hydrogen-bond acceptors (Lipinski definition) is 3. The Bertz CT molecular complexity index is 553. The Balaban J connectivity index is 1.90. The molecule has 3 rings (SSSR count). The molecule has 0 atom stereocenters. The summed E-state index contributed by atoms with van der Waals surface area (Å²) in [7, 11) is 0. The molecule has 96 valence electrons. The van der Waals surface area contributed by atoms with Gasteiger partial charge in [0, 0.05) is 11.1 Å². The van der Waals surface area contributed by atoms with E-state index in [1.54, 1.807) is 11.3 Å². The van der Waals surface area contributed by atoms with Crippen LogP contribution in [0, 0.1) is 6.92 Å². The van der Waals surface area contributed by atoms with Gasteiger partial charge in [0.2, 0.25) is 0 Å². The van der Waals surface area contributed by atoms with Crippen LogP contribution >= 0.6 is 11.3 Å². The normalized spacial score (nSPS) is 14.8. The molecule has 0 aromatic carbocycles. The highest BCUT2D eigenvalue weighted by molar-refractivity contribution is 7.09. The molecule has 2 aromatic rings. The van der Waals surface area contributed by atoms with Crippen molar-refractivity contribution in [3.63, 3.8) is 0 Å². The zero-order valence-corrected chi connectivity index (χ0v) is 11.9. The summed E-state index contributed by atoms with van der Waals surface area (Å²) in [5, 5.41) is 3.42. The van der Waals surface area contributed by atoms with E-state index in [4.69, 9.17) is 4.98 Å². The van der Waals surface area contributed by atoms with Gasteiger partial charge in [-0.15, -0.1) is 11.3 Å². The monoisotopic (exact) mass is 261 g/mol. The van der Waals surface area contributed by atoms with Crippen molar-refractivity contribution in [2.24, 2.45) is 0 Å². The van der Waals surface area contributed by atoms with E-state index in [1.165, 1.54) is 41.4 Å². The van der Waals surface area contributed by atoms with Crippen LogP contribution < -0.4 is 0 Å². The third-order valence-corrected chi connectivity index (χ3v) is 4.69. The Morgan fingerprint density at radius 3 is 2.89 bits per heavy atom. The first-order valence-corrected chi connectivity index (χ1v) is 7.64. The van der Waals surface area contributed by atoms with Crippen LogP contribution in [0.3, 0.4) is 0 Å². The maximum Gasteiger partial charge on any atom is 0.106 e. The van der Waals surface area contributed by atoms with Gasteiger partial charge in [0.1, 0.15) is 5.82 Å². The van der Waals surface area contributed by atoms with E-state index in [9.17, 15) is 0 Å². The molecule has 0 radical (unpaired) electrons. The Hall–Kier alpha value is -1.16. The average molecular weight is 261 g/mol. The van der Waals surface area contributed by atoms with E-state index in [1.807, 2.05) is 0 Å².